The van der Waals surface area contributed by atoms with E-state index < -0.39 is 0 Å². The molecule has 0 unspecified atom stereocenters. The van der Waals surface area contributed by atoms with E-state index in [9.17, 15) is 0 Å². The van der Waals surface area contributed by atoms with Gasteiger partial charge in [-0.05, 0) is 61.1 Å². The normalized spacial score (nSPS) is 10.1. The number of halogens is 1. The van der Waals surface area contributed by atoms with Crippen molar-refractivity contribution in [3.63, 3.8) is 0 Å². The standard InChI is InChI=1S/C16H18ClN3S/c1-11-4-5-12(17)10-15(11)19-16(21)18-13-6-8-14(9-7-13)20(2)3/h4-10H,1-3H3,(H2,18,19,21). The average molecular weight is 320 g/mol. The number of thiocarbonyl (C=S) groups is 1. The SMILES string of the molecule is Cc1ccc(Cl)cc1NC(=S)Nc1ccc(N(C)C)cc1. The van der Waals surface area contributed by atoms with Gasteiger partial charge in [0.2, 0.25) is 0 Å². The van der Waals surface area contributed by atoms with Crippen molar-refractivity contribution in [2.45, 2.75) is 6.92 Å². The summed E-state index contributed by atoms with van der Waals surface area (Å²) in [6, 6.07) is 13.7. The van der Waals surface area contributed by atoms with Gasteiger partial charge in [0.15, 0.2) is 5.11 Å². The molecule has 2 rings (SSSR count). The fraction of sp³-hybridized carbons (Fsp3) is 0.188. The smallest absolute Gasteiger partial charge is 0.175 e. The van der Waals surface area contributed by atoms with Crippen molar-refractivity contribution in [2.75, 3.05) is 29.6 Å². The quantitative estimate of drug-likeness (QED) is 0.813. The van der Waals surface area contributed by atoms with Gasteiger partial charge in [0, 0.05) is 36.2 Å². The van der Waals surface area contributed by atoms with E-state index in [2.05, 4.69) is 15.5 Å². The molecule has 0 aromatic heterocycles. The van der Waals surface area contributed by atoms with Gasteiger partial charge >= 0.3 is 0 Å². The molecule has 0 aliphatic rings. The molecule has 2 N–H and O–H groups in total. The van der Waals surface area contributed by atoms with Crippen LogP contribution in [0.15, 0.2) is 42.5 Å². The van der Waals surface area contributed by atoms with Crippen molar-refractivity contribution in [1.29, 1.82) is 0 Å². The summed E-state index contributed by atoms with van der Waals surface area (Å²) in [4.78, 5) is 2.05. The van der Waals surface area contributed by atoms with Crippen molar-refractivity contribution in [2.24, 2.45) is 0 Å². The Labute approximate surface area is 135 Å². The number of hydrogen-bond donors (Lipinski definition) is 2. The highest BCUT2D eigenvalue weighted by Crippen LogP contribution is 2.21. The molecule has 0 saturated carbocycles. The van der Waals surface area contributed by atoms with Crippen LogP contribution in [0.3, 0.4) is 0 Å². The summed E-state index contributed by atoms with van der Waals surface area (Å²) >= 11 is 11.3. The minimum Gasteiger partial charge on any atom is -0.378 e. The van der Waals surface area contributed by atoms with Crippen LogP contribution in [-0.2, 0) is 0 Å². The predicted octanol–water partition coefficient (Wildman–Crippen LogP) is 4.52. The molecule has 2 aromatic carbocycles. The maximum Gasteiger partial charge on any atom is 0.175 e. The first-order chi connectivity index (χ1) is 9.95. The zero-order valence-corrected chi connectivity index (χ0v) is 13.8. The molecule has 21 heavy (non-hydrogen) atoms. The molecule has 2 aromatic rings. The topological polar surface area (TPSA) is 27.3 Å². The maximum atomic E-state index is 6.00. The van der Waals surface area contributed by atoms with Crippen LogP contribution in [0.4, 0.5) is 17.1 Å². The van der Waals surface area contributed by atoms with Gasteiger partial charge < -0.3 is 15.5 Å². The first-order valence-electron chi connectivity index (χ1n) is 6.57. The van der Waals surface area contributed by atoms with Crippen molar-refractivity contribution in [3.8, 4) is 0 Å². The first kappa shape index (κ1) is 15.6. The molecule has 0 aliphatic heterocycles. The van der Waals surface area contributed by atoms with Crippen molar-refractivity contribution < 1.29 is 0 Å². The summed E-state index contributed by atoms with van der Waals surface area (Å²) in [7, 11) is 4.02. The van der Waals surface area contributed by atoms with Gasteiger partial charge in [0.1, 0.15) is 0 Å². The predicted molar refractivity (Wildman–Crippen MR) is 96.8 cm³/mol. The van der Waals surface area contributed by atoms with E-state index in [0.29, 0.717) is 10.1 Å². The number of nitrogens with zero attached hydrogens (tertiary/aromatic N) is 1. The van der Waals surface area contributed by atoms with E-state index >= 15 is 0 Å². The van der Waals surface area contributed by atoms with Crippen LogP contribution in [-0.4, -0.2) is 19.2 Å². The number of rotatable bonds is 3. The van der Waals surface area contributed by atoms with E-state index in [-0.39, 0.29) is 0 Å². The summed E-state index contributed by atoms with van der Waals surface area (Å²) < 4.78 is 0. The lowest BCUT2D eigenvalue weighted by Gasteiger charge is -2.15. The van der Waals surface area contributed by atoms with Gasteiger partial charge in [-0.15, -0.1) is 0 Å². The molecular formula is C16H18ClN3S. The zero-order chi connectivity index (χ0) is 15.4. The summed E-state index contributed by atoms with van der Waals surface area (Å²) in [5.41, 5.74) is 4.08. The number of hydrogen-bond acceptors (Lipinski definition) is 2. The summed E-state index contributed by atoms with van der Waals surface area (Å²) in [6.07, 6.45) is 0. The van der Waals surface area contributed by atoms with E-state index in [1.807, 2.05) is 63.5 Å². The first-order valence-corrected chi connectivity index (χ1v) is 7.36. The Bertz CT molecular complexity index is 638. The van der Waals surface area contributed by atoms with E-state index in [1.165, 1.54) is 0 Å². The molecular weight excluding hydrogens is 302 g/mol. The molecule has 0 fully saturated rings. The van der Waals surface area contributed by atoms with Crippen LogP contribution in [0.2, 0.25) is 5.02 Å². The number of anilines is 3. The molecule has 3 nitrogen and oxygen atoms in total. The van der Waals surface area contributed by atoms with Gasteiger partial charge in [-0.25, -0.2) is 0 Å². The van der Waals surface area contributed by atoms with Crippen LogP contribution in [0.25, 0.3) is 0 Å². The number of benzene rings is 2. The molecule has 0 spiro atoms. The summed E-state index contributed by atoms with van der Waals surface area (Å²) in [5, 5.41) is 7.55. The minimum atomic E-state index is 0.540. The van der Waals surface area contributed by atoms with Crippen molar-refractivity contribution in [3.05, 3.63) is 53.1 Å². The largest absolute Gasteiger partial charge is 0.378 e. The van der Waals surface area contributed by atoms with Crippen LogP contribution in [0, 0.1) is 6.92 Å². The third kappa shape index (κ3) is 4.34. The molecule has 0 atom stereocenters. The van der Waals surface area contributed by atoms with Crippen LogP contribution < -0.4 is 15.5 Å². The van der Waals surface area contributed by atoms with Crippen molar-refractivity contribution in [1.82, 2.24) is 0 Å². The molecule has 0 amide bonds. The van der Waals surface area contributed by atoms with E-state index in [0.717, 1.165) is 22.6 Å². The van der Waals surface area contributed by atoms with E-state index in [1.54, 1.807) is 0 Å². The highest BCUT2D eigenvalue weighted by molar-refractivity contribution is 7.80. The average Bonchev–Trinajstić information content (AvgIpc) is 2.43. The summed E-state index contributed by atoms with van der Waals surface area (Å²) in [5.74, 6) is 0. The Kier molecular flexibility index (Phi) is 5.04. The fourth-order valence-corrected chi connectivity index (χ4v) is 2.26. The van der Waals surface area contributed by atoms with Gasteiger partial charge in [0.05, 0.1) is 0 Å². The van der Waals surface area contributed by atoms with Gasteiger partial charge in [0.25, 0.3) is 0 Å². The molecule has 0 bridgehead atoms. The lowest BCUT2D eigenvalue weighted by atomic mass is 10.2. The molecule has 0 heterocycles. The minimum absolute atomic E-state index is 0.540. The Morgan fingerprint density at radius 3 is 2.33 bits per heavy atom. The maximum absolute atomic E-state index is 6.00. The lowest BCUT2D eigenvalue weighted by Crippen LogP contribution is -2.19. The second-order valence-corrected chi connectivity index (χ2v) is 5.82. The molecule has 0 aliphatic carbocycles. The second kappa shape index (κ2) is 6.78. The Morgan fingerprint density at radius 2 is 1.71 bits per heavy atom. The molecule has 0 radical (unpaired) electrons. The molecule has 0 saturated heterocycles. The summed E-state index contributed by atoms with van der Waals surface area (Å²) in [6.45, 7) is 2.01. The van der Waals surface area contributed by atoms with E-state index in [4.69, 9.17) is 23.8 Å². The Hall–Kier alpha value is -1.78. The van der Waals surface area contributed by atoms with Gasteiger partial charge in [-0.2, -0.15) is 0 Å². The fourth-order valence-electron chi connectivity index (χ4n) is 1.86. The molecule has 5 heteroatoms. The monoisotopic (exact) mass is 319 g/mol. The highest BCUT2D eigenvalue weighted by Gasteiger charge is 2.03. The number of nitrogens with one attached hydrogen (secondary N) is 2. The third-order valence-electron chi connectivity index (χ3n) is 3.09. The van der Waals surface area contributed by atoms with Gasteiger partial charge in [-0.1, -0.05) is 17.7 Å². The molecule has 110 valence electrons. The Balaban J connectivity index is 2.03. The zero-order valence-electron chi connectivity index (χ0n) is 12.3. The van der Waals surface area contributed by atoms with Crippen molar-refractivity contribution >= 4 is 46.0 Å². The lowest BCUT2D eigenvalue weighted by molar-refractivity contribution is 1.13. The van der Waals surface area contributed by atoms with Gasteiger partial charge in [-0.3, -0.25) is 0 Å². The van der Waals surface area contributed by atoms with Crippen LogP contribution in [0.1, 0.15) is 5.56 Å². The van der Waals surface area contributed by atoms with Crippen LogP contribution >= 0.6 is 23.8 Å². The second-order valence-electron chi connectivity index (χ2n) is 4.98. The third-order valence-corrected chi connectivity index (χ3v) is 3.53. The Morgan fingerprint density at radius 1 is 1.05 bits per heavy atom. The number of aryl methyl sites for hydroxylation is 1. The highest BCUT2D eigenvalue weighted by atomic mass is 35.5. The van der Waals surface area contributed by atoms with Crippen LogP contribution in [0.5, 0.6) is 0 Å².